The van der Waals surface area contributed by atoms with Crippen molar-refractivity contribution >= 4 is 0 Å². The van der Waals surface area contributed by atoms with E-state index in [1.807, 2.05) is 12.4 Å². The van der Waals surface area contributed by atoms with E-state index in [9.17, 15) is 0 Å². The molecule has 2 heterocycles. The van der Waals surface area contributed by atoms with Gasteiger partial charge in [-0.2, -0.15) is 0 Å². The van der Waals surface area contributed by atoms with Gasteiger partial charge in [-0.1, -0.05) is 13.3 Å². The highest BCUT2D eigenvalue weighted by Crippen LogP contribution is 2.19. The van der Waals surface area contributed by atoms with Crippen LogP contribution in [0.5, 0.6) is 0 Å². The highest BCUT2D eigenvalue weighted by molar-refractivity contribution is 5.09. The van der Waals surface area contributed by atoms with Crippen molar-refractivity contribution < 1.29 is 0 Å². The van der Waals surface area contributed by atoms with Gasteiger partial charge in [0, 0.05) is 31.5 Å². The Balaban J connectivity index is 1.78. The average Bonchev–Trinajstić information content (AvgIpc) is 2.40. The van der Waals surface area contributed by atoms with Crippen molar-refractivity contribution in [2.24, 2.45) is 5.92 Å². The SMILES string of the molecule is CCC1CCNC(CN(C)Cc2ccncc2)C1. The van der Waals surface area contributed by atoms with Crippen molar-refractivity contribution in [1.82, 2.24) is 15.2 Å². The maximum absolute atomic E-state index is 4.06. The molecular weight excluding hydrogens is 222 g/mol. The summed E-state index contributed by atoms with van der Waals surface area (Å²) in [6.45, 7) is 5.65. The second-order valence-electron chi connectivity index (χ2n) is 5.50. The fourth-order valence-corrected chi connectivity index (χ4v) is 2.85. The third-order valence-corrected chi connectivity index (χ3v) is 3.91. The lowest BCUT2D eigenvalue weighted by Gasteiger charge is -2.32. The summed E-state index contributed by atoms with van der Waals surface area (Å²) in [7, 11) is 2.21. The number of piperidine rings is 1. The van der Waals surface area contributed by atoms with Crippen LogP contribution in [0.2, 0.25) is 0 Å². The molecule has 1 aliphatic heterocycles. The zero-order chi connectivity index (χ0) is 12.8. The summed E-state index contributed by atoms with van der Waals surface area (Å²) in [6.07, 6.45) is 7.74. The molecule has 3 heteroatoms. The summed E-state index contributed by atoms with van der Waals surface area (Å²) < 4.78 is 0. The number of likely N-dealkylation sites (N-methyl/N-ethyl adjacent to an activating group) is 1. The van der Waals surface area contributed by atoms with E-state index in [-0.39, 0.29) is 0 Å². The first kappa shape index (κ1) is 13.5. The number of hydrogen-bond acceptors (Lipinski definition) is 3. The second kappa shape index (κ2) is 6.86. The van der Waals surface area contributed by atoms with E-state index in [0.717, 1.165) is 19.0 Å². The van der Waals surface area contributed by atoms with Gasteiger partial charge in [-0.15, -0.1) is 0 Å². The van der Waals surface area contributed by atoms with E-state index in [1.165, 1.54) is 31.4 Å². The summed E-state index contributed by atoms with van der Waals surface area (Å²) >= 11 is 0. The summed E-state index contributed by atoms with van der Waals surface area (Å²) in [5.41, 5.74) is 1.34. The Morgan fingerprint density at radius 3 is 2.89 bits per heavy atom. The fourth-order valence-electron chi connectivity index (χ4n) is 2.85. The molecule has 0 amide bonds. The van der Waals surface area contributed by atoms with Crippen LogP contribution in [0.1, 0.15) is 31.7 Å². The van der Waals surface area contributed by atoms with Crippen LogP contribution in [0.15, 0.2) is 24.5 Å². The standard InChI is InChI=1S/C15H25N3/c1-3-13-6-9-17-15(10-13)12-18(2)11-14-4-7-16-8-5-14/h4-5,7-8,13,15,17H,3,6,9-12H2,1-2H3. The zero-order valence-electron chi connectivity index (χ0n) is 11.6. The number of rotatable bonds is 5. The third-order valence-electron chi connectivity index (χ3n) is 3.91. The third kappa shape index (κ3) is 4.07. The van der Waals surface area contributed by atoms with E-state index in [1.54, 1.807) is 0 Å². The number of nitrogens with one attached hydrogen (secondary N) is 1. The van der Waals surface area contributed by atoms with Crippen molar-refractivity contribution in [2.75, 3.05) is 20.1 Å². The maximum atomic E-state index is 4.06. The van der Waals surface area contributed by atoms with Crippen molar-refractivity contribution in [1.29, 1.82) is 0 Å². The van der Waals surface area contributed by atoms with Gasteiger partial charge in [-0.3, -0.25) is 4.98 Å². The van der Waals surface area contributed by atoms with Crippen LogP contribution in [0.3, 0.4) is 0 Å². The van der Waals surface area contributed by atoms with E-state index >= 15 is 0 Å². The predicted molar refractivity (Wildman–Crippen MR) is 75.4 cm³/mol. The van der Waals surface area contributed by atoms with Crippen LogP contribution in [-0.2, 0) is 6.54 Å². The minimum atomic E-state index is 0.663. The molecule has 100 valence electrons. The van der Waals surface area contributed by atoms with Gasteiger partial charge in [-0.25, -0.2) is 0 Å². The van der Waals surface area contributed by atoms with Crippen LogP contribution in [0, 0.1) is 5.92 Å². The van der Waals surface area contributed by atoms with E-state index in [4.69, 9.17) is 0 Å². The molecule has 0 spiro atoms. The molecular formula is C15H25N3. The molecule has 0 bridgehead atoms. The summed E-state index contributed by atoms with van der Waals surface area (Å²) in [6, 6.07) is 4.86. The normalized spacial score (nSPS) is 24.4. The minimum absolute atomic E-state index is 0.663. The first-order valence-electron chi connectivity index (χ1n) is 7.08. The van der Waals surface area contributed by atoms with Gasteiger partial charge >= 0.3 is 0 Å². The Morgan fingerprint density at radius 1 is 1.39 bits per heavy atom. The van der Waals surface area contributed by atoms with E-state index in [2.05, 4.69) is 41.3 Å². The predicted octanol–water partition coefficient (Wildman–Crippen LogP) is 2.29. The molecule has 2 rings (SSSR count). The lowest BCUT2D eigenvalue weighted by molar-refractivity contribution is 0.220. The molecule has 3 nitrogen and oxygen atoms in total. The van der Waals surface area contributed by atoms with Crippen LogP contribution in [0.25, 0.3) is 0 Å². The smallest absolute Gasteiger partial charge is 0.0271 e. The quantitative estimate of drug-likeness (QED) is 0.865. The maximum Gasteiger partial charge on any atom is 0.0271 e. The van der Waals surface area contributed by atoms with E-state index < -0.39 is 0 Å². The summed E-state index contributed by atoms with van der Waals surface area (Å²) in [5.74, 6) is 0.922. The van der Waals surface area contributed by atoms with Crippen molar-refractivity contribution in [3.05, 3.63) is 30.1 Å². The fraction of sp³-hybridized carbons (Fsp3) is 0.667. The highest BCUT2D eigenvalue weighted by atomic mass is 15.1. The molecule has 0 saturated carbocycles. The van der Waals surface area contributed by atoms with Crippen LogP contribution in [-0.4, -0.2) is 36.1 Å². The van der Waals surface area contributed by atoms with Gasteiger partial charge in [0.25, 0.3) is 0 Å². The molecule has 1 N–H and O–H groups in total. The molecule has 0 radical (unpaired) electrons. The largest absolute Gasteiger partial charge is 0.313 e. The number of pyridine rings is 1. The molecule has 1 fully saturated rings. The topological polar surface area (TPSA) is 28.2 Å². The van der Waals surface area contributed by atoms with Crippen LogP contribution < -0.4 is 5.32 Å². The number of aromatic nitrogens is 1. The molecule has 0 aromatic carbocycles. The van der Waals surface area contributed by atoms with Gasteiger partial charge in [-0.05, 0) is 50.0 Å². The average molecular weight is 247 g/mol. The molecule has 1 aliphatic rings. The highest BCUT2D eigenvalue weighted by Gasteiger charge is 2.21. The van der Waals surface area contributed by atoms with Gasteiger partial charge in [0.15, 0.2) is 0 Å². The Bertz CT molecular complexity index is 339. The Labute approximate surface area is 111 Å². The Hall–Kier alpha value is -0.930. The Kier molecular flexibility index (Phi) is 5.14. The summed E-state index contributed by atoms with van der Waals surface area (Å²) in [4.78, 5) is 6.47. The summed E-state index contributed by atoms with van der Waals surface area (Å²) in [5, 5.41) is 3.65. The second-order valence-corrected chi connectivity index (χ2v) is 5.50. The molecule has 0 aliphatic carbocycles. The van der Waals surface area contributed by atoms with E-state index in [0.29, 0.717) is 6.04 Å². The molecule has 1 saturated heterocycles. The van der Waals surface area contributed by atoms with Gasteiger partial charge in [0.05, 0.1) is 0 Å². The van der Waals surface area contributed by atoms with Crippen molar-refractivity contribution in [3.8, 4) is 0 Å². The van der Waals surface area contributed by atoms with Crippen LogP contribution in [0.4, 0.5) is 0 Å². The number of nitrogens with zero attached hydrogens (tertiary/aromatic N) is 2. The van der Waals surface area contributed by atoms with Gasteiger partial charge in [0.2, 0.25) is 0 Å². The first-order valence-corrected chi connectivity index (χ1v) is 7.08. The Morgan fingerprint density at radius 2 is 2.17 bits per heavy atom. The lowest BCUT2D eigenvalue weighted by atomic mass is 9.90. The number of hydrogen-bond donors (Lipinski definition) is 1. The molecule has 1 aromatic heterocycles. The minimum Gasteiger partial charge on any atom is -0.313 e. The first-order chi connectivity index (χ1) is 8.78. The van der Waals surface area contributed by atoms with Crippen LogP contribution >= 0.6 is 0 Å². The monoisotopic (exact) mass is 247 g/mol. The zero-order valence-corrected chi connectivity index (χ0v) is 11.6. The van der Waals surface area contributed by atoms with Gasteiger partial charge < -0.3 is 10.2 Å². The molecule has 18 heavy (non-hydrogen) atoms. The molecule has 1 aromatic rings. The molecule has 2 unspecified atom stereocenters. The lowest BCUT2D eigenvalue weighted by Crippen LogP contribution is -2.44. The molecule has 2 atom stereocenters. The van der Waals surface area contributed by atoms with Gasteiger partial charge in [0.1, 0.15) is 0 Å². The van der Waals surface area contributed by atoms with Crippen molar-refractivity contribution in [3.63, 3.8) is 0 Å². The van der Waals surface area contributed by atoms with Crippen molar-refractivity contribution in [2.45, 2.75) is 38.8 Å².